The summed E-state index contributed by atoms with van der Waals surface area (Å²) in [5.41, 5.74) is 0. The fourth-order valence-corrected chi connectivity index (χ4v) is 2.23. The van der Waals surface area contributed by atoms with E-state index in [4.69, 9.17) is 9.47 Å². The van der Waals surface area contributed by atoms with Crippen molar-refractivity contribution in [2.24, 2.45) is 11.8 Å². The Morgan fingerprint density at radius 3 is 1.71 bits per heavy atom. The van der Waals surface area contributed by atoms with Crippen molar-refractivity contribution in [3.05, 3.63) is 0 Å². The molecule has 21 heavy (non-hydrogen) atoms. The van der Waals surface area contributed by atoms with E-state index >= 15 is 0 Å². The molecule has 0 spiro atoms. The van der Waals surface area contributed by atoms with Crippen LogP contribution in [-0.2, 0) is 19.1 Å². The van der Waals surface area contributed by atoms with Crippen LogP contribution in [0.2, 0.25) is 0 Å². The molecule has 0 bridgehead atoms. The standard InChI is InChI=1S/C17H32O4/c1-7-9-10-14(8-2)11-15(16(18)20-12(3)4)17(19)21-13(5)6/h12-15H,7-11H2,1-6H3. The minimum absolute atomic E-state index is 0.220. The molecule has 0 saturated heterocycles. The van der Waals surface area contributed by atoms with Gasteiger partial charge in [-0.15, -0.1) is 0 Å². The lowest BCUT2D eigenvalue weighted by Gasteiger charge is -2.22. The molecular formula is C17H32O4. The summed E-state index contributed by atoms with van der Waals surface area (Å²) in [6.45, 7) is 11.4. The van der Waals surface area contributed by atoms with Crippen LogP contribution < -0.4 is 0 Å². The molecular weight excluding hydrogens is 268 g/mol. The highest BCUT2D eigenvalue weighted by molar-refractivity contribution is 5.95. The minimum Gasteiger partial charge on any atom is -0.462 e. The van der Waals surface area contributed by atoms with Crippen LogP contribution >= 0.6 is 0 Å². The third-order valence-electron chi connectivity index (χ3n) is 3.39. The minimum atomic E-state index is -0.795. The number of ether oxygens (including phenoxy) is 2. The Kier molecular flexibility index (Phi) is 10.1. The fourth-order valence-electron chi connectivity index (χ4n) is 2.23. The maximum absolute atomic E-state index is 12.2. The first-order valence-corrected chi connectivity index (χ1v) is 8.22. The van der Waals surface area contributed by atoms with Gasteiger partial charge in [0.1, 0.15) is 0 Å². The third-order valence-corrected chi connectivity index (χ3v) is 3.39. The molecule has 0 saturated carbocycles. The highest BCUT2D eigenvalue weighted by atomic mass is 16.6. The van der Waals surface area contributed by atoms with Crippen molar-refractivity contribution < 1.29 is 19.1 Å². The van der Waals surface area contributed by atoms with Crippen LogP contribution in [-0.4, -0.2) is 24.1 Å². The van der Waals surface area contributed by atoms with Gasteiger partial charge in [-0.3, -0.25) is 9.59 Å². The van der Waals surface area contributed by atoms with Gasteiger partial charge in [-0.1, -0.05) is 39.5 Å². The van der Waals surface area contributed by atoms with E-state index in [2.05, 4.69) is 13.8 Å². The molecule has 0 heterocycles. The molecule has 0 radical (unpaired) electrons. The van der Waals surface area contributed by atoms with E-state index in [0.29, 0.717) is 12.3 Å². The van der Waals surface area contributed by atoms with Crippen LogP contribution in [0.15, 0.2) is 0 Å². The molecule has 0 N–H and O–H groups in total. The number of carbonyl (C=O) groups excluding carboxylic acids is 2. The molecule has 0 aliphatic rings. The fraction of sp³-hybridized carbons (Fsp3) is 0.882. The smallest absolute Gasteiger partial charge is 0.320 e. The van der Waals surface area contributed by atoms with Crippen molar-refractivity contribution in [3.8, 4) is 0 Å². The molecule has 4 heteroatoms. The molecule has 0 rings (SSSR count). The molecule has 1 unspecified atom stereocenters. The topological polar surface area (TPSA) is 52.6 Å². The quantitative estimate of drug-likeness (QED) is 0.450. The summed E-state index contributed by atoms with van der Waals surface area (Å²) < 4.78 is 10.5. The molecule has 0 aromatic rings. The van der Waals surface area contributed by atoms with Crippen LogP contribution in [0, 0.1) is 11.8 Å². The lowest BCUT2D eigenvalue weighted by atomic mass is 9.88. The van der Waals surface area contributed by atoms with E-state index in [1.807, 2.05) is 0 Å². The molecule has 0 aromatic heterocycles. The first-order valence-electron chi connectivity index (χ1n) is 8.22. The van der Waals surface area contributed by atoms with Crippen LogP contribution in [0.4, 0.5) is 0 Å². The highest BCUT2D eigenvalue weighted by Crippen LogP contribution is 2.24. The van der Waals surface area contributed by atoms with Crippen LogP contribution in [0.5, 0.6) is 0 Å². The van der Waals surface area contributed by atoms with Gasteiger partial charge >= 0.3 is 11.9 Å². The van der Waals surface area contributed by atoms with Crippen LogP contribution in [0.1, 0.15) is 73.6 Å². The van der Waals surface area contributed by atoms with E-state index in [0.717, 1.165) is 25.7 Å². The average molecular weight is 300 g/mol. The summed E-state index contributed by atoms with van der Waals surface area (Å²) >= 11 is 0. The summed E-state index contributed by atoms with van der Waals surface area (Å²) in [6, 6.07) is 0. The number of carbonyl (C=O) groups is 2. The van der Waals surface area contributed by atoms with Gasteiger partial charge in [-0.2, -0.15) is 0 Å². The largest absolute Gasteiger partial charge is 0.462 e. The van der Waals surface area contributed by atoms with E-state index in [9.17, 15) is 9.59 Å². The van der Waals surface area contributed by atoms with Gasteiger partial charge in [0, 0.05) is 0 Å². The lowest BCUT2D eigenvalue weighted by molar-refractivity contribution is -0.167. The second-order valence-electron chi connectivity index (χ2n) is 6.18. The van der Waals surface area contributed by atoms with E-state index in [1.54, 1.807) is 27.7 Å². The van der Waals surface area contributed by atoms with Gasteiger partial charge in [0.05, 0.1) is 12.2 Å². The Morgan fingerprint density at radius 2 is 1.38 bits per heavy atom. The molecule has 0 aromatic carbocycles. The van der Waals surface area contributed by atoms with Gasteiger partial charge in [-0.25, -0.2) is 0 Å². The van der Waals surface area contributed by atoms with Crippen LogP contribution in [0.3, 0.4) is 0 Å². The number of unbranched alkanes of at least 4 members (excludes halogenated alkanes) is 1. The molecule has 0 aliphatic heterocycles. The Bertz CT molecular complexity index is 288. The number of esters is 2. The summed E-state index contributed by atoms with van der Waals surface area (Å²) in [7, 11) is 0. The number of hydrogen-bond acceptors (Lipinski definition) is 4. The van der Waals surface area contributed by atoms with Gasteiger partial charge in [0.25, 0.3) is 0 Å². The zero-order valence-electron chi connectivity index (χ0n) is 14.5. The lowest BCUT2D eigenvalue weighted by Crippen LogP contribution is -2.32. The maximum atomic E-state index is 12.2. The zero-order valence-corrected chi connectivity index (χ0v) is 14.5. The first kappa shape index (κ1) is 19.9. The number of hydrogen-bond donors (Lipinski definition) is 0. The Labute approximate surface area is 129 Å². The second-order valence-corrected chi connectivity index (χ2v) is 6.18. The van der Waals surface area contributed by atoms with Gasteiger partial charge < -0.3 is 9.47 Å². The Morgan fingerprint density at radius 1 is 0.905 bits per heavy atom. The summed E-state index contributed by atoms with van der Waals surface area (Å²) in [5.74, 6) is -1.35. The Balaban J connectivity index is 4.84. The van der Waals surface area contributed by atoms with Crippen molar-refractivity contribution in [3.63, 3.8) is 0 Å². The SMILES string of the molecule is CCCCC(CC)CC(C(=O)OC(C)C)C(=O)OC(C)C. The molecule has 0 amide bonds. The maximum Gasteiger partial charge on any atom is 0.320 e. The predicted molar refractivity (Wildman–Crippen MR) is 83.9 cm³/mol. The summed E-state index contributed by atoms with van der Waals surface area (Å²) in [6.07, 6.45) is 4.31. The normalized spacial score (nSPS) is 12.8. The van der Waals surface area contributed by atoms with Gasteiger partial charge in [0.2, 0.25) is 0 Å². The van der Waals surface area contributed by atoms with Gasteiger partial charge in [-0.05, 0) is 40.0 Å². The van der Waals surface area contributed by atoms with E-state index < -0.39 is 17.9 Å². The first-order chi connectivity index (χ1) is 9.81. The average Bonchev–Trinajstić information content (AvgIpc) is 2.37. The van der Waals surface area contributed by atoms with Crippen LogP contribution in [0.25, 0.3) is 0 Å². The molecule has 0 fully saturated rings. The molecule has 1 atom stereocenters. The van der Waals surface area contributed by atoms with Crippen molar-refractivity contribution >= 4 is 11.9 Å². The third kappa shape index (κ3) is 8.74. The summed E-state index contributed by atoms with van der Waals surface area (Å²) in [5, 5.41) is 0. The Hall–Kier alpha value is -1.06. The van der Waals surface area contributed by atoms with E-state index in [1.165, 1.54) is 0 Å². The monoisotopic (exact) mass is 300 g/mol. The van der Waals surface area contributed by atoms with Crippen molar-refractivity contribution in [2.45, 2.75) is 85.9 Å². The zero-order chi connectivity index (χ0) is 16.4. The van der Waals surface area contributed by atoms with Gasteiger partial charge in [0.15, 0.2) is 5.92 Å². The molecule has 124 valence electrons. The van der Waals surface area contributed by atoms with Crippen molar-refractivity contribution in [1.29, 1.82) is 0 Å². The van der Waals surface area contributed by atoms with Crippen molar-refractivity contribution in [2.75, 3.05) is 0 Å². The van der Waals surface area contributed by atoms with Crippen molar-refractivity contribution in [1.82, 2.24) is 0 Å². The van der Waals surface area contributed by atoms with E-state index in [-0.39, 0.29) is 12.2 Å². The number of rotatable bonds is 10. The molecule has 4 nitrogen and oxygen atoms in total. The summed E-state index contributed by atoms with van der Waals surface area (Å²) in [4.78, 5) is 24.4. The molecule has 0 aliphatic carbocycles. The second kappa shape index (κ2) is 10.6. The predicted octanol–water partition coefficient (Wildman–Crippen LogP) is 4.11. The highest BCUT2D eigenvalue weighted by Gasteiger charge is 2.33.